The maximum absolute atomic E-state index is 12.9. The lowest BCUT2D eigenvalue weighted by molar-refractivity contribution is -0.146. The zero-order valence-electron chi connectivity index (χ0n) is 20.4. The summed E-state index contributed by atoms with van der Waals surface area (Å²) in [5.41, 5.74) is 4.12. The molecule has 1 aromatic heterocycles. The Bertz CT molecular complexity index is 1150. The highest BCUT2D eigenvalue weighted by Crippen LogP contribution is 2.32. The van der Waals surface area contributed by atoms with Gasteiger partial charge in [0.05, 0.1) is 24.4 Å². The first-order valence-electron chi connectivity index (χ1n) is 11.9. The van der Waals surface area contributed by atoms with Crippen LogP contribution in [0.1, 0.15) is 53.2 Å². The Kier molecular flexibility index (Phi) is 7.82. The van der Waals surface area contributed by atoms with Crippen LogP contribution in [0.15, 0.2) is 59.1 Å². The SMILES string of the molecule is COC(=O)C1CCN(c2ccc(CNC(C)c3ccccc3)cc2NC(=O)c2cc(C)on2)CC1. The third-order valence-corrected chi connectivity index (χ3v) is 6.45. The first kappa shape index (κ1) is 24.5. The fourth-order valence-corrected chi connectivity index (χ4v) is 4.38. The van der Waals surface area contributed by atoms with Crippen molar-refractivity contribution in [2.45, 2.75) is 39.3 Å². The molecule has 4 rings (SSSR count). The van der Waals surface area contributed by atoms with Crippen LogP contribution < -0.4 is 15.5 Å². The number of esters is 1. The highest BCUT2D eigenvalue weighted by molar-refractivity contribution is 6.04. The lowest BCUT2D eigenvalue weighted by Gasteiger charge is -2.33. The number of hydrogen-bond acceptors (Lipinski definition) is 7. The van der Waals surface area contributed by atoms with Crippen molar-refractivity contribution >= 4 is 23.3 Å². The molecule has 0 spiro atoms. The predicted octanol–water partition coefficient (Wildman–Crippen LogP) is 4.48. The van der Waals surface area contributed by atoms with E-state index in [1.807, 2.05) is 30.3 Å². The minimum absolute atomic E-state index is 0.0876. The number of methoxy groups -OCH3 is 1. The molecular weight excluding hydrogens is 444 g/mol. The predicted molar refractivity (Wildman–Crippen MR) is 134 cm³/mol. The molecule has 2 heterocycles. The van der Waals surface area contributed by atoms with Crippen molar-refractivity contribution in [1.82, 2.24) is 10.5 Å². The minimum Gasteiger partial charge on any atom is -0.469 e. The number of amides is 1. The molecule has 1 aliphatic rings. The molecule has 3 aromatic rings. The van der Waals surface area contributed by atoms with Crippen LogP contribution in [0, 0.1) is 12.8 Å². The van der Waals surface area contributed by atoms with E-state index in [2.05, 4.69) is 45.8 Å². The quantitative estimate of drug-likeness (QED) is 0.463. The molecule has 2 N–H and O–H groups in total. The summed E-state index contributed by atoms with van der Waals surface area (Å²) >= 11 is 0. The molecule has 0 bridgehead atoms. The summed E-state index contributed by atoms with van der Waals surface area (Å²) in [6, 6.07) is 18.2. The molecule has 1 atom stereocenters. The van der Waals surface area contributed by atoms with E-state index < -0.39 is 0 Å². The van der Waals surface area contributed by atoms with Crippen LogP contribution in [-0.4, -0.2) is 37.2 Å². The average molecular weight is 477 g/mol. The van der Waals surface area contributed by atoms with Crippen LogP contribution in [0.4, 0.5) is 11.4 Å². The highest BCUT2D eigenvalue weighted by Gasteiger charge is 2.27. The van der Waals surface area contributed by atoms with Crippen molar-refractivity contribution in [3.05, 3.63) is 77.2 Å². The number of carbonyl (C=O) groups is 2. The monoisotopic (exact) mass is 476 g/mol. The second-order valence-corrected chi connectivity index (χ2v) is 8.93. The van der Waals surface area contributed by atoms with Crippen molar-refractivity contribution in [3.63, 3.8) is 0 Å². The minimum atomic E-state index is -0.324. The van der Waals surface area contributed by atoms with Crippen molar-refractivity contribution in [2.24, 2.45) is 5.92 Å². The van der Waals surface area contributed by atoms with Gasteiger partial charge in [0.25, 0.3) is 5.91 Å². The number of ether oxygens (including phenoxy) is 1. The van der Waals surface area contributed by atoms with Gasteiger partial charge in [-0.1, -0.05) is 41.6 Å². The third-order valence-electron chi connectivity index (χ3n) is 6.45. The van der Waals surface area contributed by atoms with Gasteiger partial charge in [0.2, 0.25) is 0 Å². The fraction of sp³-hybridized carbons (Fsp3) is 0.370. The number of nitrogens with zero attached hydrogens (tertiary/aromatic N) is 2. The van der Waals surface area contributed by atoms with Gasteiger partial charge in [-0.05, 0) is 49.9 Å². The fourth-order valence-electron chi connectivity index (χ4n) is 4.38. The second-order valence-electron chi connectivity index (χ2n) is 8.93. The van der Waals surface area contributed by atoms with Crippen molar-refractivity contribution in [3.8, 4) is 0 Å². The number of anilines is 2. The number of benzene rings is 2. The molecule has 2 aromatic carbocycles. The Morgan fingerprint density at radius 2 is 1.89 bits per heavy atom. The lowest BCUT2D eigenvalue weighted by Crippen LogP contribution is -2.37. The Hall–Kier alpha value is -3.65. The van der Waals surface area contributed by atoms with Crippen molar-refractivity contribution in [2.75, 3.05) is 30.4 Å². The van der Waals surface area contributed by atoms with Gasteiger partial charge >= 0.3 is 5.97 Å². The van der Waals surface area contributed by atoms with Crippen LogP contribution >= 0.6 is 0 Å². The molecule has 35 heavy (non-hydrogen) atoms. The van der Waals surface area contributed by atoms with Gasteiger partial charge < -0.3 is 24.8 Å². The average Bonchev–Trinajstić information content (AvgIpc) is 3.34. The molecule has 0 radical (unpaired) electrons. The molecular formula is C27H32N4O4. The Labute approximate surface area is 205 Å². The molecule has 0 aliphatic carbocycles. The summed E-state index contributed by atoms with van der Waals surface area (Å²) in [5.74, 6) is 0.00676. The van der Waals surface area contributed by atoms with Gasteiger partial charge in [0.1, 0.15) is 5.76 Å². The van der Waals surface area contributed by atoms with Gasteiger partial charge in [-0.15, -0.1) is 0 Å². The molecule has 184 valence electrons. The molecule has 8 heteroatoms. The van der Waals surface area contributed by atoms with E-state index in [9.17, 15) is 9.59 Å². The number of aryl methyl sites for hydroxylation is 1. The Morgan fingerprint density at radius 3 is 2.54 bits per heavy atom. The summed E-state index contributed by atoms with van der Waals surface area (Å²) in [7, 11) is 1.43. The first-order valence-corrected chi connectivity index (χ1v) is 11.9. The van der Waals surface area contributed by atoms with Crippen LogP contribution in [0.2, 0.25) is 0 Å². The zero-order chi connectivity index (χ0) is 24.8. The van der Waals surface area contributed by atoms with Crippen LogP contribution in [-0.2, 0) is 16.1 Å². The molecule has 0 saturated carbocycles. The van der Waals surface area contributed by atoms with E-state index in [-0.39, 0.29) is 29.5 Å². The van der Waals surface area contributed by atoms with E-state index in [0.29, 0.717) is 43.9 Å². The van der Waals surface area contributed by atoms with Crippen LogP contribution in [0.5, 0.6) is 0 Å². The molecule has 1 aliphatic heterocycles. The molecule has 8 nitrogen and oxygen atoms in total. The number of hydrogen-bond donors (Lipinski definition) is 2. The number of carbonyl (C=O) groups excluding carboxylic acids is 2. The Balaban J connectivity index is 1.52. The number of rotatable bonds is 8. The molecule has 1 unspecified atom stereocenters. The Morgan fingerprint density at radius 1 is 1.14 bits per heavy atom. The van der Waals surface area contributed by atoms with Gasteiger partial charge in [-0.2, -0.15) is 0 Å². The molecule has 1 amide bonds. The zero-order valence-corrected chi connectivity index (χ0v) is 20.4. The van der Waals surface area contributed by atoms with E-state index in [0.717, 1.165) is 11.3 Å². The second kappa shape index (κ2) is 11.2. The van der Waals surface area contributed by atoms with Gasteiger partial charge in [-0.25, -0.2) is 0 Å². The first-order chi connectivity index (χ1) is 16.9. The van der Waals surface area contributed by atoms with E-state index >= 15 is 0 Å². The van der Waals surface area contributed by atoms with Crippen LogP contribution in [0.3, 0.4) is 0 Å². The number of nitrogens with one attached hydrogen (secondary N) is 2. The van der Waals surface area contributed by atoms with Crippen molar-refractivity contribution in [1.29, 1.82) is 0 Å². The smallest absolute Gasteiger partial charge is 0.308 e. The summed E-state index contributed by atoms with van der Waals surface area (Å²) < 4.78 is 9.98. The lowest BCUT2D eigenvalue weighted by atomic mass is 9.96. The summed E-state index contributed by atoms with van der Waals surface area (Å²) in [6.45, 7) is 5.93. The third kappa shape index (κ3) is 6.08. The normalized spacial score (nSPS) is 15.0. The van der Waals surface area contributed by atoms with E-state index in [1.165, 1.54) is 12.7 Å². The number of piperidine rings is 1. The van der Waals surface area contributed by atoms with E-state index in [1.54, 1.807) is 13.0 Å². The van der Waals surface area contributed by atoms with Gasteiger partial charge in [-0.3, -0.25) is 9.59 Å². The maximum atomic E-state index is 12.9. The summed E-state index contributed by atoms with van der Waals surface area (Å²) in [4.78, 5) is 27.0. The molecule has 1 saturated heterocycles. The van der Waals surface area contributed by atoms with Gasteiger partial charge in [0, 0.05) is 31.7 Å². The highest BCUT2D eigenvalue weighted by atomic mass is 16.5. The molecule has 1 fully saturated rings. The van der Waals surface area contributed by atoms with Gasteiger partial charge in [0.15, 0.2) is 5.69 Å². The standard InChI is InChI=1S/C27H32N4O4/c1-18-15-24(30-35-18)26(32)29-23-16-20(17-28-19(2)21-7-5-4-6-8-21)9-10-25(23)31-13-11-22(12-14-31)27(33)34-3/h4-10,15-16,19,22,28H,11-14,17H2,1-3H3,(H,29,32). The topological polar surface area (TPSA) is 96.7 Å². The largest absolute Gasteiger partial charge is 0.469 e. The van der Waals surface area contributed by atoms with Crippen molar-refractivity contribution < 1.29 is 18.8 Å². The maximum Gasteiger partial charge on any atom is 0.308 e. The summed E-state index contributed by atoms with van der Waals surface area (Å²) in [5, 5.41) is 10.4. The summed E-state index contributed by atoms with van der Waals surface area (Å²) in [6.07, 6.45) is 1.42. The van der Waals surface area contributed by atoms with E-state index in [4.69, 9.17) is 9.26 Å². The van der Waals surface area contributed by atoms with Crippen LogP contribution in [0.25, 0.3) is 0 Å². The number of aromatic nitrogens is 1.